The molecule has 2 aromatic rings. The van der Waals surface area contributed by atoms with Crippen molar-refractivity contribution < 1.29 is 0 Å². The molecule has 33 heavy (non-hydrogen) atoms. The number of piperidine rings is 1. The summed E-state index contributed by atoms with van der Waals surface area (Å²) in [6, 6.07) is 20.3. The minimum Gasteiger partial charge on any atom is -0.357 e. The minimum atomic E-state index is 0. The molecule has 0 spiro atoms. The Kier molecular flexibility index (Phi) is 11.0. The normalized spacial score (nSPS) is 18.2. The second-order valence-electron chi connectivity index (χ2n) is 9.18. The summed E-state index contributed by atoms with van der Waals surface area (Å²) >= 11 is 0. The molecule has 2 aromatic carbocycles. The maximum Gasteiger partial charge on any atom is 0.191 e. The third-order valence-corrected chi connectivity index (χ3v) is 6.57. The number of nitrogens with one attached hydrogen (secondary N) is 2. The number of nitrogens with zero attached hydrogens (tertiary/aromatic N) is 3. The summed E-state index contributed by atoms with van der Waals surface area (Å²) in [6.45, 7) is 10.6. The maximum atomic E-state index is 4.87. The van der Waals surface area contributed by atoms with Gasteiger partial charge in [-0.2, -0.15) is 0 Å². The molecule has 0 bridgehead atoms. The third kappa shape index (κ3) is 8.58. The third-order valence-electron chi connectivity index (χ3n) is 6.57. The van der Waals surface area contributed by atoms with Crippen molar-refractivity contribution in [1.82, 2.24) is 20.4 Å². The van der Waals surface area contributed by atoms with Crippen LogP contribution in [0.4, 0.5) is 0 Å². The Labute approximate surface area is 217 Å². The molecule has 0 atom stereocenters. The zero-order valence-corrected chi connectivity index (χ0v) is 22.3. The molecule has 2 aliphatic rings. The summed E-state index contributed by atoms with van der Waals surface area (Å²) in [6.07, 6.45) is 5.00. The lowest BCUT2D eigenvalue weighted by Gasteiger charge is -2.33. The number of guanidine groups is 1. The summed E-state index contributed by atoms with van der Waals surface area (Å²) in [4.78, 5) is 9.97. The standard InChI is InChI=1S/C27H39N5.HI/c1-2-28-27(29-20-23-10-12-25(13-11-23)22-31-16-6-7-17-31)30-26-14-18-32(19-15-26)21-24-8-4-3-5-9-24;/h3-5,8-13,26H,2,6-7,14-22H2,1H3,(H2,28,29,30);1H. The van der Waals surface area contributed by atoms with E-state index in [0.717, 1.165) is 51.5 Å². The topological polar surface area (TPSA) is 42.9 Å². The molecule has 6 heteroatoms. The number of benzene rings is 2. The van der Waals surface area contributed by atoms with Gasteiger partial charge < -0.3 is 10.6 Å². The maximum absolute atomic E-state index is 4.87. The van der Waals surface area contributed by atoms with Crippen LogP contribution in [0.3, 0.4) is 0 Å². The van der Waals surface area contributed by atoms with Crippen molar-refractivity contribution in [2.75, 3.05) is 32.7 Å². The van der Waals surface area contributed by atoms with Gasteiger partial charge in [-0.25, -0.2) is 4.99 Å². The Bertz CT molecular complexity index is 825. The van der Waals surface area contributed by atoms with Crippen LogP contribution in [0.1, 0.15) is 49.3 Å². The van der Waals surface area contributed by atoms with Crippen LogP contribution in [0.25, 0.3) is 0 Å². The van der Waals surface area contributed by atoms with Crippen molar-refractivity contribution in [3.05, 3.63) is 71.3 Å². The largest absolute Gasteiger partial charge is 0.357 e. The summed E-state index contributed by atoms with van der Waals surface area (Å²) < 4.78 is 0. The zero-order chi connectivity index (χ0) is 22.0. The van der Waals surface area contributed by atoms with E-state index in [2.05, 4.69) is 82.0 Å². The SMILES string of the molecule is CCNC(=NCc1ccc(CN2CCCC2)cc1)NC1CCN(Cc2ccccc2)CC1.I. The Hall–Kier alpha value is -1.64. The van der Waals surface area contributed by atoms with Gasteiger partial charge in [0, 0.05) is 38.8 Å². The summed E-state index contributed by atoms with van der Waals surface area (Å²) in [5, 5.41) is 7.11. The van der Waals surface area contributed by atoms with E-state index in [1.807, 2.05) is 0 Å². The highest BCUT2D eigenvalue weighted by Crippen LogP contribution is 2.15. The second-order valence-corrected chi connectivity index (χ2v) is 9.18. The van der Waals surface area contributed by atoms with E-state index in [-0.39, 0.29) is 24.0 Å². The fraction of sp³-hybridized carbons (Fsp3) is 0.519. The van der Waals surface area contributed by atoms with Gasteiger partial charge in [-0.05, 0) is 62.4 Å². The minimum absolute atomic E-state index is 0. The summed E-state index contributed by atoms with van der Waals surface area (Å²) in [5.74, 6) is 0.940. The van der Waals surface area contributed by atoms with Crippen molar-refractivity contribution in [3.63, 3.8) is 0 Å². The van der Waals surface area contributed by atoms with Crippen LogP contribution < -0.4 is 10.6 Å². The zero-order valence-electron chi connectivity index (χ0n) is 20.0. The smallest absolute Gasteiger partial charge is 0.191 e. The molecule has 0 amide bonds. The molecule has 2 N–H and O–H groups in total. The van der Waals surface area contributed by atoms with Crippen LogP contribution in [-0.4, -0.2) is 54.5 Å². The van der Waals surface area contributed by atoms with Crippen molar-refractivity contribution in [2.45, 2.75) is 58.3 Å². The van der Waals surface area contributed by atoms with Gasteiger partial charge in [0.2, 0.25) is 0 Å². The van der Waals surface area contributed by atoms with E-state index < -0.39 is 0 Å². The first-order valence-corrected chi connectivity index (χ1v) is 12.4. The average Bonchev–Trinajstić information content (AvgIpc) is 3.34. The van der Waals surface area contributed by atoms with E-state index in [1.54, 1.807) is 0 Å². The molecule has 0 aliphatic carbocycles. The van der Waals surface area contributed by atoms with Crippen molar-refractivity contribution in [2.24, 2.45) is 4.99 Å². The van der Waals surface area contributed by atoms with Gasteiger partial charge in [0.05, 0.1) is 6.54 Å². The monoisotopic (exact) mass is 561 g/mol. The Morgan fingerprint density at radius 3 is 2.03 bits per heavy atom. The predicted molar refractivity (Wildman–Crippen MR) is 149 cm³/mol. The van der Waals surface area contributed by atoms with Gasteiger partial charge in [0.25, 0.3) is 0 Å². The quantitative estimate of drug-likeness (QED) is 0.281. The van der Waals surface area contributed by atoms with Gasteiger partial charge in [0.15, 0.2) is 5.96 Å². The van der Waals surface area contributed by atoms with E-state index >= 15 is 0 Å². The molecular formula is C27H40IN5. The highest BCUT2D eigenvalue weighted by molar-refractivity contribution is 14.0. The first-order chi connectivity index (χ1) is 15.8. The van der Waals surface area contributed by atoms with Crippen molar-refractivity contribution >= 4 is 29.9 Å². The van der Waals surface area contributed by atoms with E-state index in [0.29, 0.717) is 12.6 Å². The molecule has 4 rings (SSSR count). The van der Waals surface area contributed by atoms with E-state index in [1.165, 1.54) is 42.6 Å². The van der Waals surface area contributed by atoms with E-state index in [4.69, 9.17) is 4.99 Å². The van der Waals surface area contributed by atoms with Crippen molar-refractivity contribution in [1.29, 1.82) is 0 Å². The number of hydrogen-bond donors (Lipinski definition) is 2. The highest BCUT2D eigenvalue weighted by atomic mass is 127. The molecule has 0 saturated carbocycles. The lowest BCUT2D eigenvalue weighted by Crippen LogP contribution is -2.48. The lowest BCUT2D eigenvalue weighted by atomic mass is 10.0. The highest BCUT2D eigenvalue weighted by Gasteiger charge is 2.20. The first-order valence-electron chi connectivity index (χ1n) is 12.4. The molecule has 2 fully saturated rings. The Balaban J connectivity index is 0.00000306. The van der Waals surface area contributed by atoms with Gasteiger partial charge >= 0.3 is 0 Å². The van der Waals surface area contributed by atoms with Crippen LogP contribution in [0.15, 0.2) is 59.6 Å². The van der Waals surface area contributed by atoms with Gasteiger partial charge in [-0.15, -0.1) is 24.0 Å². The summed E-state index contributed by atoms with van der Waals surface area (Å²) in [7, 11) is 0. The Morgan fingerprint density at radius 1 is 0.818 bits per heavy atom. The number of rotatable bonds is 8. The lowest BCUT2D eigenvalue weighted by molar-refractivity contribution is 0.198. The van der Waals surface area contributed by atoms with Gasteiger partial charge in [-0.1, -0.05) is 54.6 Å². The number of aliphatic imine (C=N–C) groups is 1. The molecule has 2 heterocycles. The summed E-state index contributed by atoms with van der Waals surface area (Å²) in [5.41, 5.74) is 4.08. The van der Waals surface area contributed by atoms with Crippen LogP contribution >= 0.6 is 24.0 Å². The second kappa shape index (κ2) is 13.9. The van der Waals surface area contributed by atoms with Crippen LogP contribution in [0, 0.1) is 0 Å². The molecule has 180 valence electrons. The van der Waals surface area contributed by atoms with Gasteiger partial charge in [0.1, 0.15) is 0 Å². The molecule has 5 nitrogen and oxygen atoms in total. The number of hydrogen-bond acceptors (Lipinski definition) is 3. The molecule has 2 saturated heterocycles. The van der Waals surface area contributed by atoms with Crippen LogP contribution in [0.2, 0.25) is 0 Å². The van der Waals surface area contributed by atoms with Crippen LogP contribution in [0.5, 0.6) is 0 Å². The number of halogens is 1. The molecule has 0 radical (unpaired) electrons. The molecular weight excluding hydrogens is 521 g/mol. The number of likely N-dealkylation sites (tertiary alicyclic amines) is 2. The average molecular weight is 562 g/mol. The van der Waals surface area contributed by atoms with Crippen molar-refractivity contribution in [3.8, 4) is 0 Å². The first kappa shape index (κ1) is 26.0. The fourth-order valence-electron chi connectivity index (χ4n) is 4.71. The van der Waals surface area contributed by atoms with Crippen LogP contribution in [-0.2, 0) is 19.6 Å². The molecule has 0 aromatic heterocycles. The Morgan fingerprint density at radius 2 is 1.39 bits per heavy atom. The van der Waals surface area contributed by atoms with Gasteiger partial charge in [-0.3, -0.25) is 9.80 Å². The van der Waals surface area contributed by atoms with E-state index in [9.17, 15) is 0 Å². The molecule has 0 unspecified atom stereocenters. The fourth-order valence-corrected chi connectivity index (χ4v) is 4.71. The predicted octanol–water partition coefficient (Wildman–Crippen LogP) is 4.62. The molecule has 2 aliphatic heterocycles.